The summed E-state index contributed by atoms with van der Waals surface area (Å²) in [5, 5.41) is 17.2. The van der Waals surface area contributed by atoms with Gasteiger partial charge in [0.25, 0.3) is 5.91 Å². The number of anilines is 1. The van der Waals surface area contributed by atoms with Crippen LogP contribution in [0.15, 0.2) is 33.7 Å². The fraction of sp³-hybridized carbons (Fsp3) is 0.154. The van der Waals surface area contributed by atoms with E-state index < -0.39 is 11.9 Å². The second-order valence-corrected chi connectivity index (χ2v) is 5.18. The Morgan fingerprint density at radius 2 is 2.20 bits per heavy atom. The number of rotatable bonds is 4. The first kappa shape index (κ1) is 14.0. The van der Waals surface area contributed by atoms with Gasteiger partial charge in [-0.15, -0.1) is 11.3 Å². The third-order valence-corrected chi connectivity index (χ3v) is 3.19. The maximum atomic E-state index is 11.6. The van der Waals surface area contributed by atoms with Gasteiger partial charge in [0.1, 0.15) is 5.69 Å². The first-order valence-electron chi connectivity index (χ1n) is 5.71. The summed E-state index contributed by atoms with van der Waals surface area (Å²) in [4.78, 5) is 23.6. The summed E-state index contributed by atoms with van der Waals surface area (Å²) in [6, 6.07) is 3.51. The van der Waals surface area contributed by atoms with Gasteiger partial charge in [-0.3, -0.25) is 10.1 Å². The Labute approximate surface area is 118 Å². The molecule has 0 aliphatic heterocycles. The number of amides is 1. The predicted octanol–water partition coefficient (Wildman–Crippen LogP) is 3.01. The zero-order valence-electron chi connectivity index (χ0n) is 10.8. The van der Waals surface area contributed by atoms with Crippen molar-refractivity contribution in [2.75, 3.05) is 5.32 Å². The molecule has 0 atom stereocenters. The average Bonchev–Trinajstić information content (AvgIpc) is 2.94. The van der Waals surface area contributed by atoms with Crippen LogP contribution in [0, 0.1) is 0 Å². The highest BCUT2D eigenvalue weighted by Crippen LogP contribution is 2.31. The molecule has 0 aliphatic carbocycles. The van der Waals surface area contributed by atoms with Gasteiger partial charge < -0.3 is 9.63 Å². The summed E-state index contributed by atoms with van der Waals surface area (Å²) < 4.78 is 4.95. The van der Waals surface area contributed by atoms with Gasteiger partial charge in [0.15, 0.2) is 5.56 Å². The van der Waals surface area contributed by atoms with Crippen molar-refractivity contribution < 1.29 is 19.2 Å². The van der Waals surface area contributed by atoms with Crippen LogP contribution in [0.2, 0.25) is 0 Å². The lowest BCUT2D eigenvalue weighted by Gasteiger charge is -1.99. The van der Waals surface area contributed by atoms with Crippen LogP contribution in [0.5, 0.6) is 0 Å². The van der Waals surface area contributed by atoms with Gasteiger partial charge in [-0.25, -0.2) is 4.79 Å². The summed E-state index contributed by atoms with van der Waals surface area (Å²) in [6.07, 6.45) is 1.35. The molecule has 0 spiro atoms. The van der Waals surface area contributed by atoms with E-state index in [1.807, 2.05) is 0 Å². The zero-order valence-corrected chi connectivity index (χ0v) is 11.7. The highest BCUT2D eigenvalue weighted by Gasteiger charge is 2.25. The minimum Gasteiger partial charge on any atom is -0.477 e. The Morgan fingerprint density at radius 3 is 2.75 bits per heavy atom. The highest BCUT2D eigenvalue weighted by molar-refractivity contribution is 7.13. The number of nitrogens with zero attached hydrogens (tertiary/aromatic N) is 1. The highest BCUT2D eigenvalue weighted by atomic mass is 32.1. The number of hydrogen-bond acceptors (Lipinski definition) is 5. The third kappa shape index (κ3) is 2.94. The largest absolute Gasteiger partial charge is 0.477 e. The molecule has 1 amide bonds. The summed E-state index contributed by atoms with van der Waals surface area (Å²) in [6.45, 7) is 3.52. The number of aromatic carboxylic acids is 1. The molecule has 2 aromatic rings. The fourth-order valence-electron chi connectivity index (χ4n) is 1.57. The minimum absolute atomic E-state index is 0.150. The lowest BCUT2D eigenvalue weighted by molar-refractivity contribution is -0.112. The Kier molecular flexibility index (Phi) is 3.99. The molecule has 2 rings (SSSR count). The van der Waals surface area contributed by atoms with Crippen LogP contribution in [-0.2, 0) is 4.79 Å². The number of carboxylic acids is 1. The van der Waals surface area contributed by atoms with E-state index >= 15 is 0 Å². The molecular formula is C13H12N2O4S. The van der Waals surface area contributed by atoms with Gasteiger partial charge in [0.2, 0.25) is 5.88 Å². The van der Waals surface area contributed by atoms with E-state index in [1.165, 1.54) is 17.4 Å². The molecular weight excluding hydrogens is 280 g/mol. The Bertz CT molecular complexity index is 667. The third-order valence-electron chi connectivity index (χ3n) is 2.32. The van der Waals surface area contributed by atoms with Crippen molar-refractivity contribution in [2.24, 2.45) is 0 Å². The molecule has 0 saturated carbocycles. The van der Waals surface area contributed by atoms with Gasteiger partial charge in [-0.05, 0) is 25.3 Å². The monoisotopic (exact) mass is 292 g/mol. The molecule has 0 aromatic carbocycles. The number of carbonyl (C=O) groups excluding carboxylic acids is 1. The van der Waals surface area contributed by atoms with Gasteiger partial charge in [0, 0.05) is 6.08 Å². The minimum atomic E-state index is -1.21. The summed E-state index contributed by atoms with van der Waals surface area (Å²) in [7, 11) is 0. The van der Waals surface area contributed by atoms with Crippen molar-refractivity contribution in [1.29, 1.82) is 0 Å². The quantitative estimate of drug-likeness (QED) is 0.845. The van der Waals surface area contributed by atoms with E-state index in [0.29, 0.717) is 4.88 Å². The molecule has 20 heavy (non-hydrogen) atoms. The van der Waals surface area contributed by atoms with Crippen molar-refractivity contribution in [3.63, 3.8) is 0 Å². The second-order valence-electron chi connectivity index (χ2n) is 4.23. The fourth-order valence-corrected chi connectivity index (χ4v) is 2.28. The van der Waals surface area contributed by atoms with E-state index in [-0.39, 0.29) is 17.1 Å². The van der Waals surface area contributed by atoms with Crippen LogP contribution < -0.4 is 5.32 Å². The van der Waals surface area contributed by atoms with Crippen LogP contribution in [0.25, 0.3) is 10.6 Å². The second kappa shape index (κ2) is 5.70. The average molecular weight is 292 g/mol. The lowest BCUT2D eigenvalue weighted by atomic mass is 10.2. The Morgan fingerprint density at radius 1 is 1.45 bits per heavy atom. The number of nitrogens with one attached hydrogen (secondary N) is 1. The molecule has 6 nitrogen and oxygen atoms in total. The van der Waals surface area contributed by atoms with Crippen LogP contribution in [0.4, 0.5) is 5.88 Å². The molecule has 0 fully saturated rings. The summed E-state index contributed by atoms with van der Waals surface area (Å²) in [5.41, 5.74) is 0.848. The van der Waals surface area contributed by atoms with Crippen molar-refractivity contribution in [1.82, 2.24) is 5.16 Å². The molecule has 0 unspecified atom stereocenters. The SMILES string of the molecule is CC(C)=CC(=O)Nc1onc(-c2cccs2)c1C(=O)O. The van der Waals surface area contributed by atoms with E-state index in [2.05, 4.69) is 10.5 Å². The molecule has 2 heterocycles. The van der Waals surface area contributed by atoms with Crippen LogP contribution in [0.1, 0.15) is 24.2 Å². The molecule has 0 radical (unpaired) electrons. The molecule has 0 aliphatic rings. The molecule has 0 bridgehead atoms. The summed E-state index contributed by atoms with van der Waals surface area (Å²) in [5.74, 6) is -1.83. The predicted molar refractivity (Wildman–Crippen MR) is 74.8 cm³/mol. The molecule has 7 heteroatoms. The number of carboxylic acid groups (broad SMARTS) is 1. The van der Waals surface area contributed by atoms with E-state index in [0.717, 1.165) is 5.57 Å². The Hall–Kier alpha value is -2.41. The molecule has 2 N–H and O–H groups in total. The Balaban J connectivity index is 2.38. The van der Waals surface area contributed by atoms with Crippen LogP contribution in [-0.4, -0.2) is 22.1 Å². The molecule has 0 saturated heterocycles. The van der Waals surface area contributed by atoms with Crippen molar-refractivity contribution in [3.05, 3.63) is 34.7 Å². The van der Waals surface area contributed by atoms with Gasteiger partial charge in [0.05, 0.1) is 4.88 Å². The molecule has 104 valence electrons. The van der Waals surface area contributed by atoms with Crippen LogP contribution in [0.3, 0.4) is 0 Å². The zero-order chi connectivity index (χ0) is 14.7. The van der Waals surface area contributed by atoms with E-state index in [1.54, 1.807) is 31.4 Å². The van der Waals surface area contributed by atoms with Gasteiger partial charge >= 0.3 is 5.97 Å². The topological polar surface area (TPSA) is 92.4 Å². The van der Waals surface area contributed by atoms with Crippen molar-refractivity contribution in [2.45, 2.75) is 13.8 Å². The smallest absolute Gasteiger partial charge is 0.343 e. The normalized spacial score (nSPS) is 10.1. The van der Waals surface area contributed by atoms with E-state index in [4.69, 9.17) is 4.52 Å². The number of carbonyl (C=O) groups is 2. The maximum absolute atomic E-state index is 11.6. The number of aromatic nitrogens is 1. The maximum Gasteiger partial charge on any atom is 0.343 e. The van der Waals surface area contributed by atoms with Crippen LogP contribution >= 0.6 is 11.3 Å². The number of thiophene rings is 1. The first-order chi connectivity index (χ1) is 9.49. The lowest BCUT2D eigenvalue weighted by Crippen LogP contribution is -2.11. The van der Waals surface area contributed by atoms with Gasteiger partial charge in [-0.2, -0.15) is 0 Å². The number of allylic oxidation sites excluding steroid dienone is 1. The van der Waals surface area contributed by atoms with E-state index in [9.17, 15) is 14.7 Å². The first-order valence-corrected chi connectivity index (χ1v) is 6.59. The molecule has 2 aromatic heterocycles. The standard InChI is InChI=1S/C13H12N2O4S/c1-7(2)6-9(16)14-12-10(13(17)18)11(15-19-12)8-4-3-5-20-8/h3-6H,1-2H3,(H,14,16)(H,17,18). The summed E-state index contributed by atoms with van der Waals surface area (Å²) >= 11 is 1.34. The number of hydrogen-bond donors (Lipinski definition) is 2. The van der Waals surface area contributed by atoms with Gasteiger partial charge in [-0.1, -0.05) is 16.8 Å². The van der Waals surface area contributed by atoms with Crippen molar-refractivity contribution in [3.8, 4) is 10.6 Å². The van der Waals surface area contributed by atoms with Crippen molar-refractivity contribution >= 4 is 29.1 Å².